The maximum atomic E-state index is 12.8. The van der Waals surface area contributed by atoms with Gasteiger partial charge in [0, 0.05) is 23.5 Å². The number of carbonyl (C=O) groups excluding carboxylic acids is 2. The highest BCUT2D eigenvalue weighted by Gasteiger charge is 2.33. The molecule has 150 valence electrons. The molecule has 0 bridgehead atoms. The fourth-order valence-electron chi connectivity index (χ4n) is 2.80. The molecule has 0 atom stereocenters. The van der Waals surface area contributed by atoms with Crippen LogP contribution in [0.1, 0.15) is 12.6 Å². The van der Waals surface area contributed by atoms with E-state index in [0.29, 0.717) is 36.4 Å². The second-order valence-corrected chi connectivity index (χ2v) is 9.07. The van der Waals surface area contributed by atoms with Gasteiger partial charge in [-0.2, -0.15) is 0 Å². The van der Waals surface area contributed by atoms with Gasteiger partial charge in [-0.25, -0.2) is 4.98 Å². The molecule has 0 radical (unpaired) electrons. The van der Waals surface area contributed by atoms with E-state index in [2.05, 4.69) is 9.97 Å². The highest BCUT2D eigenvalue weighted by Crippen LogP contribution is 2.37. The van der Waals surface area contributed by atoms with Gasteiger partial charge in [0.2, 0.25) is 5.91 Å². The van der Waals surface area contributed by atoms with Crippen molar-refractivity contribution in [3.8, 4) is 0 Å². The maximum Gasteiger partial charge on any atom is 0.270 e. The Morgan fingerprint density at radius 1 is 1.30 bits per heavy atom. The number of anilines is 3. The molecule has 2 amide bonds. The summed E-state index contributed by atoms with van der Waals surface area (Å²) in [4.78, 5) is 37.0. The Bertz CT molecular complexity index is 1180. The van der Waals surface area contributed by atoms with Crippen molar-refractivity contribution >= 4 is 85.6 Å². The molecule has 0 unspecified atom stereocenters. The van der Waals surface area contributed by atoms with E-state index in [1.807, 2.05) is 0 Å². The predicted octanol–water partition coefficient (Wildman–Crippen LogP) is 5.28. The second-order valence-electron chi connectivity index (χ2n) is 6.12. The van der Waals surface area contributed by atoms with E-state index >= 15 is 0 Å². The largest absolute Gasteiger partial charge is 0.274 e. The van der Waals surface area contributed by atoms with Crippen LogP contribution < -0.4 is 9.80 Å². The molecule has 10 heteroatoms. The van der Waals surface area contributed by atoms with Gasteiger partial charge in [0.25, 0.3) is 5.91 Å². The summed E-state index contributed by atoms with van der Waals surface area (Å²) < 4.78 is 0.430. The normalized spacial score (nSPS) is 15.1. The summed E-state index contributed by atoms with van der Waals surface area (Å²) in [7, 11) is 0. The standard InChI is InChI=1S/C20H13ClN4O2S3/c1-12(26)24(15-5-2-4-13(21)8-15)19-23-14(11-29-19)9-17-18(27)25(20(28)30-17)16-6-3-7-22-10-16/h2-11H,1H3/b17-9-. The average molecular weight is 473 g/mol. The van der Waals surface area contributed by atoms with E-state index < -0.39 is 0 Å². The van der Waals surface area contributed by atoms with Crippen molar-refractivity contribution in [3.63, 3.8) is 0 Å². The van der Waals surface area contributed by atoms with Crippen LogP contribution in [0.4, 0.5) is 16.5 Å². The van der Waals surface area contributed by atoms with E-state index in [9.17, 15) is 9.59 Å². The zero-order valence-corrected chi connectivity index (χ0v) is 18.7. The van der Waals surface area contributed by atoms with Crippen molar-refractivity contribution in [1.82, 2.24) is 9.97 Å². The lowest BCUT2D eigenvalue weighted by atomic mass is 10.3. The molecule has 1 fully saturated rings. The zero-order valence-electron chi connectivity index (χ0n) is 15.5. The highest BCUT2D eigenvalue weighted by atomic mass is 35.5. The van der Waals surface area contributed by atoms with Gasteiger partial charge in [0.1, 0.15) is 0 Å². The third-order valence-electron chi connectivity index (χ3n) is 4.06. The van der Waals surface area contributed by atoms with E-state index in [1.165, 1.54) is 39.8 Å². The molecule has 0 aliphatic carbocycles. The molecular weight excluding hydrogens is 460 g/mol. The number of thiocarbonyl (C=S) groups is 1. The van der Waals surface area contributed by atoms with E-state index in [4.69, 9.17) is 23.8 Å². The summed E-state index contributed by atoms with van der Waals surface area (Å²) in [6.07, 6.45) is 4.89. The van der Waals surface area contributed by atoms with Gasteiger partial charge < -0.3 is 0 Å². The Hall–Kier alpha value is -2.59. The van der Waals surface area contributed by atoms with Crippen molar-refractivity contribution in [3.05, 3.63) is 69.8 Å². The summed E-state index contributed by atoms with van der Waals surface area (Å²) in [5.41, 5.74) is 1.81. The molecule has 1 aliphatic rings. The molecule has 4 rings (SSSR count). The van der Waals surface area contributed by atoms with Crippen molar-refractivity contribution in [2.45, 2.75) is 6.92 Å². The number of amides is 2. The van der Waals surface area contributed by atoms with Crippen molar-refractivity contribution < 1.29 is 9.59 Å². The fraction of sp³-hybridized carbons (Fsp3) is 0.0500. The van der Waals surface area contributed by atoms with Gasteiger partial charge in [-0.15, -0.1) is 11.3 Å². The average Bonchev–Trinajstić information content (AvgIpc) is 3.27. The molecule has 1 aromatic carbocycles. The molecule has 1 saturated heterocycles. The minimum atomic E-state index is -0.231. The first-order valence-electron chi connectivity index (χ1n) is 8.64. The first-order valence-corrected chi connectivity index (χ1v) is 11.1. The van der Waals surface area contributed by atoms with Crippen molar-refractivity contribution in [2.24, 2.45) is 0 Å². The molecule has 1 aliphatic heterocycles. The molecule has 0 spiro atoms. The monoisotopic (exact) mass is 472 g/mol. The summed E-state index contributed by atoms with van der Waals surface area (Å²) in [5.74, 6) is -0.424. The van der Waals surface area contributed by atoms with Crippen LogP contribution >= 0.6 is 46.9 Å². The third kappa shape index (κ3) is 4.15. The summed E-state index contributed by atoms with van der Waals surface area (Å²) >= 11 is 13.9. The Labute approximate surface area is 191 Å². The second kappa shape index (κ2) is 8.65. The molecular formula is C20H13ClN4O2S3. The van der Waals surface area contributed by atoms with Crippen molar-refractivity contribution in [2.75, 3.05) is 9.80 Å². The van der Waals surface area contributed by atoms with Crippen LogP contribution in [-0.4, -0.2) is 26.1 Å². The summed E-state index contributed by atoms with van der Waals surface area (Å²) in [6, 6.07) is 10.5. The van der Waals surface area contributed by atoms with E-state index in [0.717, 1.165) is 0 Å². The summed E-state index contributed by atoms with van der Waals surface area (Å²) in [6.45, 7) is 1.46. The lowest BCUT2D eigenvalue weighted by molar-refractivity contribution is -0.116. The lowest BCUT2D eigenvalue weighted by Crippen LogP contribution is -2.27. The SMILES string of the molecule is CC(=O)N(c1cccc(Cl)c1)c1nc(/C=C2\SC(=S)N(c3cccnc3)C2=O)cs1. The van der Waals surface area contributed by atoms with Crippen LogP contribution in [0.2, 0.25) is 5.02 Å². The number of aromatic nitrogens is 2. The lowest BCUT2D eigenvalue weighted by Gasteiger charge is -2.18. The van der Waals surface area contributed by atoms with Gasteiger partial charge in [0.15, 0.2) is 9.45 Å². The van der Waals surface area contributed by atoms with Gasteiger partial charge in [0.05, 0.1) is 28.2 Å². The minimum Gasteiger partial charge on any atom is -0.274 e. The minimum absolute atomic E-state index is 0.193. The van der Waals surface area contributed by atoms with Crippen LogP contribution in [0.5, 0.6) is 0 Å². The Kier molecular flexibility index (Phi) is 5.96. The van der Waals surface area contributed by atoms with E-state index in [-0.39, 0.29) is 11.8 Å². The van der Waals surface area contributed by atoms with E-state index in [1.54, 1.807) is 60.2 Å². The molecule has 30 heavy (non-hydrogen) atoms. The first-order chi connectivity index (χ1) is 14.4. The molecule has 0 N–H and O–H groups in total. The topological polar surface area (TPSA) is 66.4 Å². The molecule has 2 aromatic heterocycles. The quantitative estimate of drug-likeness (QED) is 0.380. The number of hydrogen-bond acceptors (Lipinski definition) is 7. The Morgan fingerprint density at radius 2 is 2.13 bits per heavy atom. The number of halogens is 1. The number of rotatable bonds is 4. The number of nitrogens with zero attached hydrogens (tertiary/aromatic N) is 4. The Morgan fingerprint density at radius 3 is 2.83 bits per heavy atom. The number of pyridine rings is 1. The maximum absolute atomic E-state index is 12.8. The number of benzene rings is 1. The fourth-order valence-corrected chi connectivity index (χ4v) is 5.11. The number of thiazole rings is 1. The Balaban J connectivity index is 1.62. The highest BCUT2D eigenvalue weighted by molar-refractivity contribution is 8.27. The summed E-state index contributed by atoms with van der Waals surface area (Å²) in [5, 5.41) is 2.79. The van der Waals surface area contributed by atoms with Gasteiger partial charge >= 0.3 is 0 Å². The zero-order chi connectivity index (χ0) is 21.3. The number of hydrogen-bond donors (Lipinski definition) is 0. The predicted molar refractivity (Wildman–Crippen MR) is 126 cm³/mol. The first kappa shape index (κ1) is 20.7. The van der Waals surface area contributed by atoms with Gasteiger partial charge in [-0.05, 0) is 36.4 Å². The van der Waals surface area contributed by atoms with Gasteiger partial charge in [-0.1, -0.05) is 41.6 Å². The number of thioether (sulfide) groups is 1. The third-order valence-corrected chi connectivity index (χ3v) is 6.44. The smallest absolute Gasteiger partial charge is 0.270 e. The van der Waals surface area contributed by atoms with Crippen LogP contribution in [0.25, 0.3) is 6.08 Å². The van der Waals surface area contributed by atoms with Crippen LogP contribution in [-0.2, 0) is 9.59 Å². The number of carbonyl (C=O) groups is 2. The molecule has 6 nitrogen and oxygen atoms in total. The molecule has 0 saturated carbocycles. The van der Waals surface area contributed by atoms with Crippen LogP contribution in [0, 0.1) is 0 Å². The molecule has 3 aromatic rings. The van der Waals surface area contributed by atoms with Crippen LogP contribution in [0.3, 0.4) is 0 Å². The van der Waals surface area contributed by atoms with Crippen LogP contribution in [0.15, 0.2) is 59.1 Å². The van der Waals surface area contributed by atoms with Crippen molar-refractivity contribution in [1.29, 1.82) is 0 Å². The molecule has 3 heterocycles. The van der Waals surface area contributed by atoms with Gasteiger partial charge in [-0.3, -0.25) is 24.4 Å².